The summed E-state index contributed by atoms with van der Waals surface area (Å²) in [5.74, 6) is 0.894. The summed E-state index contributed by atoms with van der Waals surface area (Å²) in [6.07, 6.45) is 3.46. The number of rotatable bonds is 4. The van der Waals surface area contributed by atoms with Gasteiger partial charge in [0, 0.05) is 50.0 Å². The van der Waals surface area contributed by atoms with Crippen LogP contribution in [0.25, 0.3) is 10.9 Å². The number of aromatic nitrogens is 3. The average Bonchev–Trinajstić information content (AvgIpc) is 3.07. The molecule has 7 nitrogen and oxygen atoms in total. The van der Waals surface area contributed by atoms with Crippen LogP contribution in [-0.4, -0.2) is 45.8 Å². The Hall–Kier alpha value is -2.67. The SMILES string of the molecule is Cc1oncc1CN1CCN(c2ccc3c(=O)n(C(C)C)cnc3c2)CC1. The fourth-order valence-corrected chi connectivity index (χ4v) is 3.56. The van der Waals surface area contributed by atoms with Gasteiger partial charge in [-0.25, -0.2) is 4.98 Å². The molecular weight excluding hydrogens is 342 g/mol. The van der Waals surface area contributed by atoms with Gasteiger partial charge in [0.05, 0.1) is 23.4 Å². The Morgan fingerprint density at radius 1 is 1.19 bits per heavy atom. The van der Waals surface area contributed by atoms with Crippen LogP contribution in [0.15, 0.2) is 40.0 Å². The molecule has 142 valence electrons. The van der Waals surface area contributed by atoms with Gasteiger partial charge in [-0.1, -0.05) is 5.16 Å². The molecular formula is C20H25N5O2. The van der Waals surface area contributed by atoms with Crippen molar-refractivity contribution in [2.45, 2.75) is 33.4 Å². The minimum absolute atomic E-state index is 0.0236. The first-order chi connectivity index (χ1) is 13.0. The summed E-state index contributed by atoms with van der Waals surface area (Å²) in [7, 11) is 0. The second-order valence-corrected chi connectivity index (χ2v) is 7.42. The molecule has 0 spiro atoms. The van der Waals surface area contributed by atoms with Gasteiger partial charge in [-0.3, -0.25) is 14.3 Å². The molecule has 0 radical (unpaired) electrons. The lowest BCUT2D eigenvalue weighted by atomic mass is 10.1. The van der Waals surface area contributed by atoms with Crippen LogP contribution in [0.3, 0.4) is 0 Å². The minimum Gasteiger partial charge on any atom is -0.369 e. The van der Waals surface area contributed by atoms with Gasteiger partial charge >= 0.3 is 0 Å². The number of benzene rings is 1. The van der Waals surface area contributed by atoms with Crippen molar-refractivity contribution in [3.8, 4) is 0 Å². The van der Waals surface area contributed by atoms with E-state index in [0.29, 0.717) is 5.39 Å². The topological polar surface area (TPSA) is 67.4 Å². The van der Waals surface area contributed by atoms with E-state index in [-0.39, 0.29) is 11.6 Å². The molecule has 0 aliphatic carbocycles. The molecule has 1 fully saturated rings. The molecule has 7 heteroatoms. The lowest BCUT2D eigenvalue weighted by Crippen LogP contribution is -2.46. The summed E-state index contributed by atoms with van der Waals surface area (Å²) >= 11 is 0. The van der Waals surface area contributed by atoms with Gasteiger partial charge in [-0.05, 0) is 39.0 Å². The molecule has 3 heterocycles. The smallest absolute Gasteiger partial charge is 0.261 e. The summed E-state index contributed by atoms with van der Waals surface area (Å²) in [5, 5.41) is 4.53. The first-order valence-electron chi connectivity index (χ1n) is 9.41. The first-order valence-corrected chi connectivity index (χ1v) is 9.41. The molecule has 1 aliphatic rings. The second kappa shape index (κ2) is 7.15. The van der Waals surface area contributed by atoms with Crippen molar-refractivity contribution in [1.29, 1.82) is 0 Å². The van der Waals surface area contributed by atoms with Crippen molar-refractivity contribution in [3.63, 3.8) is 0 Å². The Labute approximate surface area is 158 Å². The van der Waals surface area contributed by atoms with Crippen molar-refractivity contribution in [3.05, 3.63) is 52.4 Å². The maximum atomic E-state index is 12.6. The number of nitrogens with zero attached hydrogens (tertiary/aromatic N) is 5. The number of hydrogen-bond donors (Lipinski definition) is 0. The van der Waals surface area contributed by atoms with Crippen LogP contribution in [0.4, 0.5) is 5.69 Å². The minimum atomic E-state index is 0.0236. The molecule has 1 aliphatic heterocycles. The highest BCUT2D eigenvalue weighted by Crippen LogP contribution is 2.21. The Balaban J connectivity index is 1.48. The summed E-state index contributed by atoms with van der Waals surface area (Å²) < 4.78 is 6.82. The third-order valence-corrected chi connectivity index (χ3v) is 5.31. The quantitative estimate of drug-likeness (QED) is 0.706. The van der Waals surface area contributed by atoms with E-state index >= 15 is 0 Å². The van der Waals surface area contributed by atoms with Gasteiger partial charge in [-0.2, -0.15) is 0 Å². The van der Waals surface area contributed by atoms with Crippen LogP contribution in [0.5, 0.6) is 0 Å². The molecule has 3 aromatic rings. The summed E-state index contributed by atoms with van der Waals surface area (Å²) in [5.41, 5.74) is 3.06. The molecule has 27 heavy (non-hydrogen) atoms. The molecule has 0 unspecified atom stereocenters. The number of fused-ring (bicyclic) bond motifs is 1. The Morgan fingerprint density at radius 2 is 1.96 bits per heavy atom. The predicted octanol–water partition coefficient (Wildman–Crippen LogP) is 2.60. The van der Waals surface area contributed by atoms with Gasteiger partial charge in [0.25, 0.3) is 5.56 Å². The van der Waals surface area contributed by atoms with Crippen LogP contribution in [0.1, 0.15) is 31.2 Å². The number of aryl methyl sites for hydroxylation is 1. The molecule has 0 amide bonds. The molecule has 4 rings (SSSR count). The average molecular weight is 367 g/mol. The zero-order chi connectivity index (χ0) is 19.0. The van der Waals surface area contributed by atoms with Gasteiger partial charge in [-0.15, -0.1) is 0 Å². The molecule has 0 saturated carbocycles. The first kappa shape index (κ1) is 17.7. The Bertz CT molecular complexity index is 999. The molecule has 1 aromatic carbocycles. The monoisotopic (exact) mass is 367 g/mol. The van der Waals surface area contributed by atoms with E-state index in [0.717, 1.165) is 55.3 Å². The van der Waals surface area contributed by atoms with Crippen LogP contribution < -0.4 is 10.5 Å². The van der Waals surface area contributed by atoms with Gasteiger partial charge in [0.15, 0.2) is 0 Å². The number of piperazine rings is 1. The number of anilines is 1. The summed E-state index contributed by atoms with van der Waals surface area (Å²) in [6, 6.07) is 6.08. The van der Waals surface area contributed by atoms with E-state index in [4.69, 9.17) is 4.52 Å². The van der Waals surface area contributed by atoms with E-state index < -0.39 is 0 Å². The highest BCUT2D eigenvalue weighted by molar-refractivity contribution is 5.81. The van der Waals surface area contributed by atoms with Crippen molar-refractivity contribution < 1.29 is 4.52 Å². The maximum absolute atomic E-state index is 12.6. The van der Waals surface area contributed by atoms with Crippen molar-refractivity contribution in [2.24, 2.45) is 0 Å². The van der Waals surface area contributed by atoms with E-state index in [9.17, 15) is 4.79 Å². The molecule has 0 atom stereocenters. The highest BCUT2D eigenvalue weighted by Gasteiger charge is 2.19. The maximum Gasteiger partial charge on any atom is 0.261 e. The fraction of sp³-hybridized carbons (Fsp3) is 0.450. The molecule has 0 bridgehead atoms. The molecule has 2 aromatic heterocycles. The van der Waals surface area contributed by atoms with Crippen LogP contribution >= 0.6 is 0 Å². The van der Waals surface area contributed by atoms with Gasteiger partial charge in [0.2, 0.25) is 0 Å². The third-order valence-electron chi connectivity index (χ3n) is 5.31. The largest absolute Gasteiger partial charge is 0.369 e. The molecule has 0 N–H and O–H groups in total. The Kier molecular flexibility index (Phi) is 4.70. The zero-order valence-corrected chi connectivity index (χ0v) is 16.1. The van der Waals surface area contributed by atoms with E-state index in [1.807, 2.05) is 39.0 Å². The van der Waals surface area contributed by atoms with E-state index in [2.05, 4.69) is 19.9 Å². The highest BCUT2D eigenvalue weighted by atomic mass is 16.5. The van der Waals surface area contributed by atoms with Crippen molar-refractivity contribution in [2.75, 3.05) is 31.1 Å². The number of hydrogen-bond acceptors (Lipinski definition) is 6. The second-order valence-electron chi connectivity index (χ2n) is 7.42. The fourth-order valence-electron chi connectivity index (χ4n) is 3.56. The zero-order valence-electron chi connectivity index (χ0n) is 16.1. The van der Waals surface area contributed by atoms with Crippen LogP contribution in [-0.2, 0) is 6.54 Å². The predicted molar refractivity (Wildman–Crippen MR) is 105 cm³/mol. The summed E-state index contributed by atoms with van der Waals surface area (Å²) in [6.45, 7) is 10.6. The van der Waals surface area contributed by atoms with Crippen LogP contribution in [0, 0.1) is 6.92 Å². The lowest BCUT2D eigenvalue weighted by molar-refractivity contribution is 0.248. The van der Waals surface area contributed by atoms with Crippen molar-refractivity contribution in [1.82, 2.24) is 19.6 Å². The normalized spacial score (nSPS) is 15.8. The standard InChI is InChI=1S/C20H25N5O2/c1-14(2)25-13-21-19-10-17(4-5-18(19)20(25)26)24-8-6-23(7-9-24)12-16-11-22-27-15(16)3/h4-5,10-11,13-14H,6-9,12H2,1-3H3. The van der Waals surface area contributed by atoms with Gasteiger partial charge in [0.1, 0.15) is 5.76 Å². The third kappa shape index (κ3) is 3.47. The van der Waals surface area contributed by atoms with Crippen LogP contribution in [0.2, 0.25) is 0 Å². The Morgan fingerprint density at radius 3 is 2.63 bits per heavy atom. The lowest BCUT2D eigenvalue weighted by Gasteiger charge is -2.36. The van der Waals surface area contributed by atoms with E-state index in [1.165, 1.54) is 0 Å². The van der Waals surface area contributed by atoms with E-state index in [1.54, 1.807) is 17.1 Å². The summed E-state index contributed by atoms with van der Waals surface area (Å²) in [4.78, 5) is 21.8. The van der Waals surface area contributed by atoms with Gasteiger partial charge < -0.3 is 9.42 Å². The van der Waals surface area contributed by atoms with Crippen molar-refractivity contribution >= 4 is 16.6 Å². The molecule has 1 saturated heterocycles.